The van der Waals surface area contributed by atoms with Crippen LogP contribution in [0.5, 0.6) is 0 Å². The predicted molar refractivity (Wildman–Crippen MR) is 83.8 cm³/mol. The summed E-state index contributed by atoms with van der Waals surface area (Å²) in [7, 11) is 0. The van der Waals surface area contributed by atoms with Gasteiger partial charge in [0.1, 0.15) is 5.82 Å². The second kappa shape index (κ2) is 6.37. The van der Waals surface area contributed by atoms with E-state index in [2.05, 4.69) is 37.2 Å². The van der Waals surface area contributed by atoms with Crippen LogP contribution < -0.4 is 11.1 Å². The van der Waals surface area contributed by atoms with Gasteiger partial charge in [0.2, 0.25) is 0 Å². The lowest BCUT2D eigenvalue weighted by Crippen LogP contribution is -2.23. The number of nitrogen functional groups attached to an aromatic ring is 1. The Balaban J connectivity index is 2.10. The molecule has 6 heteroatoms. The molecule has 104 valence electrons. The molecule has 2 aromatic rings. The van der Waals surface area contributed by atoms with E-state index in [0.717, 1.165) is 8.95 Å². The highest BCUT2D eigenvalue weighted by Gasteiger charge is 2.09. The predicted octanol–water partition coefficient (Wildman–Crippen LogP) is 3.86. The molecule has 0 aliphatic heterocycles. The van der Waals surface area contributed by atoms with Gasteiger partial charge in [0, 0.05) is 26.7 Å². The fourth-order valence-corrected chi connectivity index (χ4v) is 2.60. The second-order valence-electron chi connectivity index (χ2n) is 4.19. The van der Waals surface area contributed by atoms with Crippen molar-refractivity contribution in [3.8, 4) is 0 Å². The molecular weight excluding hydrogens is 391 g/mol. The zero-order valence-electron chi connectivity index (χ0n) is 10.3. The Labute approximate surface area is 132 Å². The minimum absolute atomic E-state index is 0.226. The first-order valence-electron chi connectivity index (χ1n) is 5.74. The molecule has 0 aliphatic carbocycles. The molecule has 0 unspecified atom stereocenters. The number of rotatable bonds is 3. The van der Waals surface area contributed by atoms with Crippen molar-refractivity contribution in [1.82, 2.24) is 5.32 Å². The Kier molecular flexibility index (Phi) is 4.77. The maximum atomic E-state index is 13.1. The van der Waals surface area contributed by atoms with Gasteiger partial charge in [0.25, 0.3) is 5.91 Å². The van der Waals surface area contributed by atoms with Crippen LogP contribution in [-0.2, 0) is 6.54 Å². The molecule has 0 heterocycles. The molecule has 0 radical (unpaired) electrons. The number of nitrogens with one attached hydrogen (secondary N) is 1. The maximum absolute atomic E-state index is 13.1. The van der Waals surface area contributed by atoms with Crippen LogP contribution in [0, 0.1) is 5.82 Å². The largest absolute Gasteiger partial charge is 0.399 e. The van der Waals surface area contributed by atoms with Crippen molar-refractivity contribution in [2.45, 2.75) is 6.54 Å². The van der Waals surface area contributed by atoms with Crippen LogP contribution in [0.1, 0.15) is 15.9 Å². The van der Waals surface area contributed by atoms with Gasteiger partial charge in [-0.25, -0.2) is 4.39 Å². The lowest BCUT2D eigenvalue weighted by molar-refractivity contribution is 0.0950. The van der Waals surface area contributed by atoms with Gasteiger partial charge in [0.05, 0.1) is 0 Å². The summed E-state index contributed by atoms with van der Waals surface area (Å²) in [5.41, 5.74) is 7.29. The van der Waals surface area contributed by atoms with Gasteiger partial charge in [-0.1, -0.05) is 31.9 Å². The van der Waals surface area contributed by atoms with Crippen LogP contribution in [0.15, 0.2) is 45.3 Å². The van der Waals surface area contributed by atoms with Crippen LogP contribution >= 0.6 is 31.9 Å². The topological polar surface area (TPSA) is 55.1 Å². The minimum Gasteiger partial charge on any atom is -0.399 e. The number of anilines is 1. The molecule has 3 N–H and O–H groups in total. The Morgan fingerprint density at radius 3 is 2.65 bits per heavy atom. The molecule has 0 fully saturated rings. The molecule has 0 aliphatic rings. The summed E-state index contributed by atoms with van der Waals surface area (Å²) in [4.78, 5) is 12.0. The third kappa shape index (κ3) is 3.80. The average molecular weight is 402 g/mol. The molecule has 0 atom stereocenters. The van der Waals surface area contributed by atoms with Gasteiger partial charge in [-0.15, -0.1) is 0 Å². The fourth-order valence-electron chi connectivity index (χ4n) is 1.70. The Bertz CT molecular complexity index is 641. The molecule has 0 aromatic heterocycles. The number of carbonyl (C=O) groups is 1. The number of nitrogens with two attached hydrogens (primary N) is 1. The zero-order valence-corrected chi connectivity index (χ0v) is 13.5. The first kappa shape index (κ1) is 15.0. The average Bonchev–Trinajstić information content (AvgIpc) is 2.38. The molecule has 20 heavy (non-hydrogen) atoms. The fraction of sp³-hybridized carbons (Fsp3) is 0.0714. The molecule has 3 nitrogen and oxygen atoms in total. The number of benzene rings is 2. The molecule has 0 saturated heterocycles. The molecule has 0 spiro atoms. The van der Waals surface area contributed by atoms with E-state index in [1.165, 1.54) is 12.1 Å². The van der Waals surface area contributed by atoms with E-state index in [4.69, 9.17) is 5.73 Å². The lowest BCUT2D eigenvalue weighted by Gasteiger charge is -2.08. The standard InChI is InChI=1S/C14H11Br2FN2O/c15-10-3-8(5-12(18)6-10)14(20)19-7-9-4-11(17)1-2-13(9)16/h1-6H,7,18H2,(H,19,20). The van der Waals surface area contributed by atoms with E-state index < -0.39 is 0 Å². The van der Waals surface area contributed by atoms with Crippen molar-refractivity contribution < 1.29 is 9.18 Å². The highest BCUT2D eigenvalue weighted by Crippen LogP contribution is 2.19. The normalized spacial score (nSPS) is 10.3. The van der Waals surface area contributed by atoms with Gasteiger partial charge in [0.15, 0.2) is 0 Å². The maximum Gasteiger partial charge on any atom is 0.251 e. The summed E-state index contributed by atoms with van der Waals surface area (Å²) in [6.07, 6.45) is 0. The molecule has 2 aromatic carbocycles. The van der Waals surface area contributed by atoms with Crippen molar-refractivity contribution in [2.24, 2.45) is 0 Å². The van der Waals surface area contributed by atoms with Gasteiger partial charge in [-0.2, -0.15) is 0 Å². The van der Waals surface area contributed by atoms with Crippen LogP contribution in [-0.4, -0.2) is 5.91 Å². The van der Waals surface area contributed by atoms with Crippen molar-refractivity contribution in [2.75, 3.05) is 5.73 Å². The number of halogens is 3. The first-order chi connectivity index (χ1) is 9.45. The zero-order chi connectivity index (χ0) is 14.7. The van der Waals surface area contributed by atoms with Crippen molar-refractivity contribution >= 4 is 43.5 Å². The van der Waals surface area contributed by atoms with Crippen LogP contribution in [0.25, 0.3) is 0 Å². The summed E-state index contributed by atoms with van der Waals surface area (Å²) in [6, 6.07) is 9.30. The van der Waals surface area contributed by atoms with Gasteiger partial charge >= 0.3 is 0 Å². The minimum atomic E-state index is -0.343. The molecule has 2 rings (SSSR count). The number of carbonyl (C=O) groups excluding carboxylic acids is 1. The number of hydrogen-bond acceptors (Lipinski definition) is 2. The highest BCUT2D eigenvalue weighted by atomic mass is 79.9. The summed E-state index contributed by atoms with van der Waals surface area (Å²) >= 11 is 6.60. The summed E-state index contributed by atoms with van der Waals surface area (Å²) in [6.45, 7) is 0.226. The second-order valence-corrected chi connectivity index (χ2v) is 5.96. The smallest absolute Gasteiger partial charge is 0.251 e. The summed E-state index contributed by atoms with van der Waals surface area (Å²) < 4.78 is 14.6. The number of hydrogen-bond donors (Lipinski definition) is 2. The SMILES string of the molecule is Nc1cc(Br)cc(C(=O)NCc2cc(F)ccc2Br)c1. The van der Waals surface area contributed by atoms with Crippen molar-refractivity contribution in [3.05, 3.63) is 62.3 Å². The van der Waals surface area contributed by atoms with E-state index in [1.54, 1.807) is 24.3 Å². The van der Waals surface area contributed by atoms with Gasteiger partial charge in [-0.3, -0.25) is 4.79 Å². The molecule has 1 amide bonds. The third-order valence-electron chi connectivity index (χ3n) is 2.63. The Morgan fingerprint density at radius 2 is 1.95 bits per heavy atom. The van der Waals surface area contributed by atoms with E-state index in [9.17, 15) is 9.18 Å². The van der Waals surface area contributed by atoms with Gasteiger partial charge < -0.3 is 11.1 Å². The monoisotopic (exact) mass is 400 g/mol. The molecular formula is C14H11Br2FN2O. The Hall–Kier alpha value is -1.40. The van der Waals surface area contributed by atoms with E-state index >= 15 is 0 Å². The van der Waals surface area contributed by atoms with Crippen LogP contribution in [0.3, 0.4) is 0 Å². The van der Waals surface area contributed by atoms with Gasteiger partial charge in [-0.05, 0) is 42.0 Å². The third-order valence-corrected chi connectivity index (χ3v) is 3.86. The van der Waals surface area contributed by atoms with Crippen molar-refractivity contribution in [1.29, 1.82) is 0 Å². The quantitative estimate of drug-likeness (QED) is 0.767. The van der Waals surface area contributed by atoms with E-state index in [1.807, 2.05) is 0 Å². The van der Waals surface area contributed by atoms with Crippen LogP contribution in [0.4, 0.5) is 10.1 Å². The first-order valence-corrected chi connectivity index (χ1v) is 7.32. The summed E-state index contributed by atoms with van der Waals surface area (Å²) in [5.74, 6) is -0.613. The Morgan fingerprint density at radius 1 is 1.20 bits per heavy atom. The van der Waals surface area contributed by atoms with E-state index in [0.29, 0.717) is 16.8 Å². The highest BCUT2D eigenvalue weighted by molar-refractivity contribution is 9.10. The van der Waals surface area contributed by atoms with Crippen molar-refractivity contribution in [3.63, 3.8) is 0 Å². The summed E-state index contributed by atoms with van der Waals surface area (Å²) in [5, 5.41) is 2.73. The van der Waals surface area contributed by atoms with Crippen LogP contribution in [0.2, 0.25) is 0 Å². The van der Waals surface area contributed by atoms with E-state index in [-0.39, 0.29) is 18.3 Å². The number of amides is 1. The molecule has 0 bridgehead atoms. The molecule has 0 saturated carbocycles. The lowest BCUT2D eigenvalue weighted by atomic mass is 10.1.